The number of aromatic amines is 1. The van der Waals surface area contributed by atoms with E-state index in [0.717, 1.165) is 17.6 Å². The van der Waals surface area contributed by atoms with Crippen LogP contribution in [0.1, 0.15) is 17.5 Å². The molecule has 0 saturated carbocycles. The average Bonchev–Trinajstić information content (AvgIpc) is 3.26. The number of para-hydroxylation sites is 1. The lowest BCUT2D eigenvalue weighted by Gasteiger charge is -2.16. The Kier molecular flexibility index (Phi) is 4.67. The Morgan fingerprint density at radius 1 is 1.22 bits per heavy atom. The molecule has 2 aromatic carbocycles. The summed E-state index contributed by atoms with van der Waals surface area (Å²) in [7, 11) is 0. The molecule has 0 radical (unpaired) electrons. The van der Waals surface area contributed by atoms with Gasteiger partial charge in [0.15, 0.2) is 0 Å². The highest BCUT2D eigenvalue weighted by Gasteiger charge is 2.34. The third kappa shape index (κ3) is 3.58. The highest BCUT2D eigenvalue weighted by molar-refractivity contribution is 6.00. The second kappa shape index (κ2) is 7.27. The molecule has 2 amide bonds. The molecule has 27 heavy (non-hydrogen) atoms. The molecule has 2 heterocycles. The minimum absolute atomic E-state index is 0.00783. The van der Waals surface area contributed by atoms with E-state index in [1.54, 1.807) is 4.90 Å². The average molecular weight is 361 g/mol. The van der Waals surface area contributed by atoms with Crippen LogP contribution in [0, 0.1) is 12.8 Å². The van der Waals surface area contributed by atoms with Crippen LogP contribution in [0.15, 0.2) is 54.7 Å². The normalized spacial score (nSPS) is 16.9. The zero-order valence-corrected chi connectivity index (χ0v) is 15.4. The van der Waals surface area contributed by atoms with E-state index in [9.17, 15) is 9.59 Å². The molecule has 1 aliphatic heterocycles. The van der Waals surface area contributed by atoms with Gasteiger partial charge in [-0.2, -0.15) is 0 Å². The summed E-state index contributed by atoms with van der Waals surface area (Å²) in [6.07, 6.45) is 3.04. The van der Waals surface area contributed by atoms with Gasteiger partial charge in [-0.25, -0.2) is 0 Å². The predicted molar refractivity (Wildman–Crippen MR) is 107 cm³/mol. The second-order valence-electron chi connectivity index (χ2n) is 7.14. The van der Waals surface area contributed by atoms with Crippen molar-refractivity contribution in [2.45, 2.75) is 19.8 Å². The molecule has 1 aliphatic rings. The number of carbonyl (C=O) groups is 2. The Balaban J connectivity index is 1.34. The van der Waals surface area contributed by atoms with Crippen LogP contribution in [0.2, 0.25) is 0 Å². The van der Waals surface area contributed by atoms with E-state index >= 15 is 0 Å². The van der Waals surface area contributed by atoms with Crippen LogP contribution >= 0.6 is 0 Å². The minimum Gasteiger partial charge on any atom is -0.361 e. The first-order valence-corrected chi connectivity index (χ1v) is 9.31. The third-order valence-electron chi connectivity index (χ3n) is 5.18. The number of aromatic nitrogens is 1. The van der Waals surface area contributed by atoms with Crippen molar-refractivity contribution >= 4 is 28.4 Å². The van der Waals surface area contributed by atoms with Crippen LogP contribution in [-0.2, 0) is 16.0 Å². The first-order valence-electron chi connectivity index (χ1n) is 9.31. The first kappa shape index (κ1) is 17.3. The molecule has 1 unspecified atom stereocenters. The van der Waals surface area contributed by atoms with E-state index < -0.39 is 0 Å². The summed E-state index contributed by atoms with van der Waals surface area (Å²) in [6.45, 7) is 3.09. The van der Waals surface area contributed by atoms with Gasteiger partial charge >= 0.3 is 0 Å². The van der Waals surface area contributed by atoms with Crippen molar-refractivity contribution in [3.05, 3.63) is 65.9 Å². The Hall–Kier alpha value is -3.08. The zero-order chi connectivity index (χ0) is 18.8. The van der Waals surface area contributed by atoms with Gasteiger partial charge in [-0.05, 0) is 43.2 Å². The number of fused-ring (bicyclic) bond motifs is 1. The van der Waals surface area contributed by atoms with Gasteiger partial charge in [0, 0.05) is 42.3 Å². The van der Waals surface area contributed by atoms with Crippen LogP contribution in [0.25, 0.3) is 10.9 Å². The monoisotopic (exact) mass is 361 g/mol. The predicted octanol–water partition coefficient (Wildman–Crippen LogP) is 3.19. The van der Waals surface area contributed by atoms with Gasteiger partial charge in [0.05, 0.1) is 5.92 Å². The quantitative estimate of drug-likeness (QED) is 0.733. The number of H-pyrrole nitrogens is 1. The smallest absolute Gasteiger partial charge is 0.227 e. The van der Waals surface area contributed by atoms with Crippen molar-refractivity contribution in [1.82, 2.24) is 10.3 Å². The van der Waals surface area contributed by atoms with Crippen LogP contribution in [0.4, 0.5) is 5.69 Å². The van der Waals surface area contributed by atoms with Gasteiger partial charge in [-0.3, -0.25) is 9.59 Å². The van der Waals surface area contributed by atoms with Crippen LogP contribution in [0.5, 0.6) is 0 Å². The number of hydrogen-bond acceptors (Lipinski definition) is 2. The maximum absolute atomic E-state index is 12.5. The van der Waals surface area contributed by atoms with Crippen molar-refractivity contribution in [2.75, 3.05) is 18.0 Å². The highest BCUT2D eigenvalue weighted by Crippen LogP contribution is 2.25. The second-order valence-corrected chi connectivity index (χ2v) is 7.14. The largest absolute Gasteiger partial charge is 0.361 e. The van der Waals surface area contributed by atoms with Gasteiger partial charge in [0.25, 0.3) is 0 Å². The zero-order valence-electron chi connectivity index (χ0n) is 15.4. The molecule has 5 nitrogen and oxygen atoms in total. The highest BCUT2D eigenvalue weighted by atomic mass is 16.2. The standard InChI is InChI=1S/C22H23N3O2/c1-15-7-8-20-19(11-15)16(13-24-20)9-10-23-22(27)17-12-21(26)25(14-17)18-5-3-2-4-6-18/h2-8,11,13,17,24H,9-10,12,14H2,1H3,(H,23,27). The molecule has 1 aromatic heterocycles. The summed E-state index contributed by atoms with van der Waals surface area (Å²) >= 11 is 0. The number of amides is 2. The molecule has 138 valence electrons. The molecule has 1 fully saturated rings. The Morgan fingerprint density at radius 2 is 2.04 bits per heavy atom. The fourth-order valence-electron chi connectivity index (χ4n) is 3.70. The minimum atomic E-state index is -0.289. The Bertz CT molecular complexity index is 978. The Labute approximate surface area is 158 Å². The number of carbonyl (C=O) groups excluding carboxylic acids is 2. The third-order valence-corrected chi connectivity index (χ3v) is 5.18. The lowest BCUT2D eigenvalue weighted by molar-refractivity contribution is -0.126. The van der Waals surface area contributed by atoms with Gasteiger partial charge < -0.3 is 15.2 Å². The number of anilines is 1. The molecule has 0 aliphatic carbocycles. The molecular formula is C22H23N3O2. The fraction of sp³-hybridized carbons (Fsp3) is 0.273. The maximum atomic E-state index is 12.5. The molecule has 5 heteroatoms. The van der Waals surface area contributed by atoms with Crippen molar-refractivity contribution < 1.29 is 9.59 Å². The number of nitrogens with zero attached hydrogens (tertiary/aromatic N) is 1. The van der Waals surface area contributed by atoms with E-state index in [2.05, 4.69) is 35.4 Å². The Morgan fingerprint density at radius 3 is 2.85 bits per heavy atom. The number of rotatable bonds is 5. The van der Waals surface area contributed by atoms with E-state index in [1.165, 1.54) is 16.5 Å². The van der Waals surface area contributed by atoms with E-state index in [-0.39, 0.29) is 24.2 Å². The lowest BCUT2D eigenvalue weighted by atomic mass is 10.1. The molecule has 1 atom stereocenters. The molecule has 0 spiro atoms. The molecule has 2 N–H and O–H groups in total. The summed E-state index contributed by atoms with van der Waals surface area (Å²) in [5, 5.41) is 4.21. The molecule has 3 aromatic rings. The number of hydrogen-bond donors (Lipinski definition) is 2. The van der Waals surface area contributed by atoms with Gasteiger partial charge in [0.1, 0.15) is 0 Å². The summed E-state index contributed by atoms with van der Waals surface area (Å²) in [4.78, 5) is 29.8. The molecule has 0 bridgehead atoms. The number of aryl methyl sites for hydroxylation is 1. The van der Waals surface area contributed by atoms with Gasteiger partial charge in [-0.15, -0.1) is 0 Å². The summed E-state index contributed by atoms with van der Waals surface area (Å²) in [6, 6.07) is 15.8. The molecule has 1 saturated heterocycles. The van der Waals surface area contributed by atoms with Crippen LogP contribution < -0.4 is 10.2 Å². The number of benzene rings is 2. The topological polar surface area (TPSA) is 65.2 Å². The van der Waals surface area contributed by atoms with Crippen molar-refractivity contribution in [3.63, 3.8) is 0 Å². The van der Waals surface area contributed by atoms with Crippen molar-refractivity contribution in [2.24, 2.45) is 5.92 Å². The summed E-state index contributed by atoms with van der Waals surface area (Å²) in [5.74, 6) is -0.325. The van der Waals surface area contributed by atoms with Gasteiger partial charge in [0.2, 0.25) is 11.8 Å². The fourth-order valence-corrected chi connectivity index (χ4v) is 3.70. The van der Waals surface area contributed by atoms with Crippen molar-refractivity contribution in [1.29, 1.82) is 0 Å². The van der Waals surface area contributed by atoms with E-state index in [0.29, 0.717) is 13.1 Å². The first-order chi connectivity index (χ1) is 13.1. The van der Waals surface area contributed by atoms with Crippen LogP contribution in [-0.4, -0.2) is 29.9 Å². The maximum Gasteiger partial charge on any atom is 0.227 e. The molecular weight excluding hydrogens is 338 g/mol. The van der Waals surface area contributed by atoms with Crippen LogP contribution in [0.3, 0.4) is 0 Å². The lowest BCUT2D eigenvalue weighted by Crippen LogP contribution is -2.34. The van der Waals surface area contributed by atoms with E-state index in [1.807, 2.05) is 36.5 Å². The summed E-state index contributed by atoms with van der Waals surface area (Å²) in [5.41, 5.74) is 4.38. The molecule has 4 rings (SSSR count). The summed E-state index contributed by atoms with van der Waals surface area (Å²) < 4.78 is 0. The van der Waals surface area contributed by atoms with E-state index in [4.69, 9.17) is 0 Å². The van der Waals surface area contributed by atoms with Crippen molar-refractivity contribution in [3.8, 4) is 0 Å². The number of nitrogens with one attached hydrogen (secondary N) is 2. The SMILES string of the molecule is Cc1ccc2[nH]cc(CCNC(=O)C3CC(=O)N(c4ccccc4)C3)c2c1. The van der Waals surface area contributed by atoms with Gasteiger partial charge in [-0.1, -0.05) is 29.8 Å².